The molecule has 0 saturated carbocycles. The molecule has 2 aliphatic rings. The van der Waals surface area contributed by atoms with Gasteiger partial charge >= 0.3 is 0 Å². The van der Waals surface area contributed by atoms with Gasteiger partial charge in [0.15, 0.2) is 0 Å². The second kappa shape index (κ2) is 26.2. The van der Waals surface area contributed by atoms with Gasteiger partial charge in [0.25, 0.3) is 11.8 Å². The van der Waals surface area contributed by atoms with Crippen molar-refractivity contribution in [2.24, 2.45) is 17.6 Å². The standard InChI is InChI=1S/C46H72N10O9S/c1-8-16-56(46(64)41(28(6)10-3)52-44(63)35-13-11-12-17-55(35)7)36(27(4)5)22-37(65-18-9-2)45-51-34(26-66-45)43(62)50-30-19-29-14-15-31(57)21-32(29)33(20-30)42(61)54-53-40(60)25-49-39(59)24-48-38(58)23-47/h14-15,21,26-28,30,33,35-37,41,57H,8-13,16-20,22-25,47H2,1-7H3,(H,48,58)(H,49,59)(H,50,62)(H,52,63)(H,53,60)(H,54,61). The smallest absolute Gasteiger partial charge is 0.270 e. The highest BCUT2D eigenvalue weighted by Crippen LogP contribution is 2.35. The molecule has 19 nitrogen and oxygen atoms in total. The molecule has 4 rings (SSSR count). The maximum atomic E-state index is 14.7. The first-order chi connectivity index (χ1) is 31.5. The molecule has 0 bridgehead atoms. The van der Waals surface area contributed by atoms with Crippen LogP contribution in [-0.4, -0.2) is 132 Å². The summed E-state index contributed by atoms with van der Waals surface area (Å²) in [7, 11) is 1.96. The van der Waals surface area contributed by atoms with E-state index in [2.05, 4.69) is 50.9 Å². The lowest BCUT2D eigenvalue weighted by Gasteiger charge is -2.40. The summed E-state index contributed by atoms with van der Waals surface area (Å²) in [6, 6.07) is 2.89. The third kappa shape index (κ3) is 15.2. The molecule has 1 aliphatic carbocycles. The van der Waals surface area contributed by atoms with Crippen molar-refractivity contribution in [1.82, 2.24) is 46.9 Å². The van der Waals surface area contributed by atoms with Crippen LogP contribution in [0.1, 0.15) is 132 Å². The Labute approximate surface area is 392 Å². The third-order valence-corrected chi connectivity index (χ3v) is 13.3. The van der Waals surface area contributed by atoms with Crippen molar-refractivity contribution in [1.29, 1.82) is 0 Å². The number of amides is 7. The highest BCUT2D eigenvalue weighted by Gasteiger charge is 2.39. The molecule has 1 aromatic carbocycles. The normalized spacial score (nSPS) is 19.0. The van der Waals surface area contributed by atoms with Crippen molar-refractivity contribution in [2.75, 3.05) is 46.4 Å². The molecule has 2 aromatic rings. The van der Waals surface area contributed by atoms with Crippen molar-refractivity contribution in [2.45, 2.75) is 136 Å². The van der Waals surface area contributed by atoms with Gasteiger partial charge in [-0.25, -0.2) is 4.98 Å². The Morgan fingerprint density at radius 2 is 1.70 bits per heavy atom. The van der Waals surface area contributed by atoms with E-state index in [1.165, 1.54) is 23.5 Å². The average molecular weight is 941 g/mol. The Kier molecular flexibility index (Phi) is 21.2. The number of thiazole rings is 1. The minimum Gasteiger partial charge on any atom is -0.508 e. The van der Waals surface area contributed by atoms with Crippen LogP contribution in [0, 0.1) is 11.8 Å². The second-order valence-corrected chi connectivity index (χ2v) is 18.6. The molecular formula is C46H72N10O9S. The fourth-order valence-electron chi connectivity index (χ4n) is 8.44. The predicted octanol–water partition coefficient (Wildman–Crippen LogP) is 2.15. The quantitative estimate of drug-likeness (QED) is 0.0746. The first kappa shape index (κ1) is 53.4. The molecule has 7 unspecified atom stereocenters. The molecule has 9 N–H and O–H groups in total. The molecule has 7 amide bonds. The summed E-state index contributed by atoms with van der Waals surface area (Å²) >= 11 is 1.30. The lowest BCUT2D eigenvalue weighted by atomic mass is 9.79. The van der Waals surface area contributed by atoms with Gasteiger partial charge in [-0.1, -0.05) is 60.5 Å². The van der Waals surface area contributed by atoms with Gasteiger partial charge < -0.3 is 41.7 Å². The molecule has 66 heavy (non-hydrogen) atoms. The first-order valence-electron chi connectivity index (χ1n) is 23.3. The molecule has 20 heteroatoms. The summed E-state index contributed by atoms with van der Waals surface area (Å²) in [5.74, 6) is -4.19. The number of nitrogens with two attached hydrogens (primary N) is 1. The number of aromatic nitrogens is 1. The molecular weight excluding hydrogens is 869 g/mol. The molecule has 1 saturated heterocycles. The molecule has 1 fully saturated rings. The zero-order valence-corrected chi connectivity index (χ0v) is 40.4. The third-order valence-electron chi connectivity index (χ3n) is 12.3. The zero-order chi connectivity index (χ0) is 48.5. The van der Waals surface area contributed by atoms with Gasteiger partial charge in [0.2, 0.25) is 29.5 Å². The SMILES string of the molecule is CCCOC(CC(C(C)C)N(CCC)C(=O)C(NC(=O)C1CCCCN1C)C(C)CC)c1nc(C(=O)NC2Cc3ccc(O)cc3C(C(=O)NNC(=O)CNC(=O)CNC(=O)CN)C2)cs1. The summed E-state index contributed by atoms with van der Waals surface area (Å²) in [6.07, 6.45) is 5.31. The van der Waals surface area contributed by atoms with Crippen molar-refractivity contribution in [3.05, 3.63) is 45.4 Å². The van der Waals surface area contributed by atoms with Crippen molar-refractivity contribution < 1.29 is 43.4 Å². The highest BCUT2D eigenvalue weighted by atomic mass is 32.1. The van der Waals surface area contributed by atoms with E-state index < -0.39 is 60.2 Å². The van der Waals surface area contributed by atoms with Gasteiger partial charge in [-0.3, -0.25) is 49.3 Å². The van der Waals surface area contributed by atoms with Crippen molar-refractivity contribution in [3.63, 3.8) is 0 Å². The Hall–Kier alpha value is -5.18. The van der Waals surface area contributed by atoms with Gasteiger partial charge in [0.1, 0.15) is 28.6 Å². The van der Waals surface area contributed by atoms with Gasteiger partial charge in [0, 0.05) is 37.0 Å². The number of phenols is 1. The number of aromatic hydroxyl groups is 1. The van der Waals surface area contributed by atoms with Crippen LogP contribution in [0.5, 0.6) is 5.75 Å². The molecule has 2 heterocycles. The number of ether oxygens (including phenoxy) is 1. The molecule has 1 aromatic heterocycles. The highest BCUT2D eigenvalue weighted by molar-refractivity contribution is 7.09. The lowest BCUT2D eigenvalue weighted by Crippen LogP contribution is -2.58. The van der Waals surface area contributed by atoms with E-state index in [-0.39, 0.29) is 66.7 Å². The second-order valence-electron chi connectivity index (χ2n) is 17.7. The number of carbonyl (C=O) groups excluding carboxylic acids is 7. The van der Waals surface area contributed by atoms with Crippen LogP contribution in [-0.2, 0) is 39.9 Å². The number of nitrogens with zero attached hydrogens (tertiary/aromatic N) is 3. The summed E-state index contributed by atoms with van der Waals surface area (Å²) in [4.78, 5) is 100. The van der Waals surface area contributed by atoms with Crippen LogP contribution in [0.25, 0.3) is 0 Å². The largest absolute Gasteiger partial charge is 0.508 e. The maximum absolute atomic E-state index is 14.7. The first-order valence-corrected chi connectivity index (χ1v) is 24.2. The number of benzene rings is 1. The van der Waals surface area contributed by atoms with Gasteiger partial charge in [-0.2, -0.15) is 0 Å². The Morgan fingerprint density at radius 3 is 2.36 bits per heavy atom. The van der Waals surface area contributed by atoms with Crippen LogP contribution in [0.4, 0.5) is 0 Å². The number of likely N-dealkylation sites (tertiary alicyclic amines) is 1. The fourth-order valence-corrected chi connectivity index (χ4v) is 9.30. The predicted molar refractivity (Wildman–Crippen MR) is 250 cm³/mol. The minimum atomic E-state index is -0.881. The number of fused-ring (bicyclic) bond motifs is 1. The van der Waals surface area contributed by atoms with Crippen LogP contribution in [0.3, 0.4) is 0 Å². The fraction of sp³-hybridized carbons (Fsp3) is 0.652. The van der Waals surface area contributed by atoms with E-state index in [1.807, 2.05) is 39.6 Å². The van der Waals surface area contributed by atoms with E-state index in [0.29, 0.717) is 49.4 Å². The summed E-state index contributed by atoms with van der Waals surface area (Å²) in [5, 5.41) is 23.4. The number of hydrogen-bond acceptors (Lipinski definition) is 13. The zero-order valence-electron chi connectivity index (χ0n) is 39.6. The Bertz CT molecular complexity index is 1980. The average Bonchev–Trinajstić information content (AvgIpc) is 3.80. The molecule has 1 aliphatic heterocycles. The van der Waals surface area contributed by atoms with E-state index in [9.17, 15) is 38.7 Å². The number of piperidine rings is 1. The van der Waals surface area contributed by atoms with Crippen LogP contribution in [0.15, 0.2) is 23.6 Å². The van der Waals surface area contributed by atoms with Crippen LogP contribution < -0.4 is 37.9 Å². The summed E-state index contributed by atoms with van der Waals surface area (Å²) in [5.41, 5.74) is 11.3. The van der Waals surface area contributed by atoms with Gasteiger partial charge in [-0.15, -0.1) is 11.3 Å². The van der Waals surface area contributed by atoms with Crippen LogP contribution in [0.2, 0.25) is 0 Å². The van der Waals surface area contributed by atoms with Crippen molar-refractivity contribution in [3.8, 4) is 5.75 Å². The molecule has 366 valence electrons. The van der Waals surface area contributed by atoms with Gasteiger partial charge in [0.05, 0.1) is 31.6 Å². The molecule has 0 radical (unpaired) electrons. The topological polar surface area (TPSA) is 267 Å². The number of hydrogen-bond donors (Lipinski definition) is 8. The summed E-state index contributed by atoms with van der Waals surface area (Å²) in [6.45, 7) is 12.8. The lowest BCUT2D eigenvalue weighted by molar-refractivity contribution is -0.143. The monoisotopic (exact) mass is 941 g/mol. The van der Waals surface area contributed by atoms with Crippen LogP contribution >= 0.6 is 11.3 Å². The van der Waals surface area contributed by atoms with E-state index in [4.69, 9.17) is 15.5 Å². The number of likely N-dealkylation sites (N-methyl/N-ethyl adjacent to an activating group) is 1. The number of hydrazine groups is 1. The molecule has 7 atom stereocenters. The number of rotatable bonds is 23. The van der Waals surface area contributed by atoms with Gasteiger partial charge in [-0.05, 0) is 87.2 Å². The van der Waals surface area contributed by atoms with Crippen molar-refractivity contribution >= 4 is 52.7 Å². The number of phenolic OH excluding ortho intramolecular Hbond substituents is 1. The summed E-state index contributed by atoms with van der Waals surface area (Å²) < 4.78 is 6.44. The Morgan fingerprint density at radius 1 is 0.970 bits per heavy atom. The van der Waals surface area contributed by atoms with E-state index in [0.717, 1.165) is 37.8 Å². The maximum Gasteiger partial charge on any atom is 0.270 e. The Balaban J connectivity index is 1.48. The number of carbonyl (C=O) groups is 7. The molecule has 0 spiro atoms. The number of nitrogens with one attached hydrogen (secondary N) is 6. The van der Waals surface area contributed by atoms with E-state index in [1.54, 1.807) is 11.4 Å². The van der Waals surface area contributed by atoms with E-state index >= 15 is 0 Å². The minimum absolute atomic E-state index is 0.0197.